The molecule has 0 N–H and O–H groups in total. The topological polar surface area (TPSA) is 56.0 Å². The van der Waals surface area contributed by atoms with Crippen molar-refractivity contribution in [2.75, 3.05) is 6.26 Å². The van der Waals surface area contributed by atoms with Gasteiger partial charge in [0.25, 0.3) is 0 Å². The lowest BCUT2D eigenvalue weighted by Crippen LogP contribution is -2.02. The molecule has 5 heteroatoms. The smallest absolute Gasteiger partial charge is 0.197 e. The van der Waals surface area contributed by atoms with Gasteiger partial charge in [0, 0.05) is 17.0 Å². The molecule has 4 nitrogen and oxygen atoms in total. The number of thioether (sulfide) groups is 1. The summed E-state index contributed by atoms with van der Waals surface area (Å²) in [6.45, 7) is 0. The van der Waals surface area contributed by atoms with Crippen LogP contribution in [0.2, 0.25) is 0 Å². The van der Waals surface area contributed by atoms with E-state index < -0.39 is 0 Å². The minimum Gasteiger partial charge on any atom is -0.354 e. The Balaban J connectivity index is 2.06. The second-order valence-electron chi connectivity index (χ2n) is 4.26. The van der Waals surface area contributed by atoms with Gasteiger partial charge in [-0.3, -0.25) is 9.78 Å². The molecule has 1 aliphatic carbocycles. The normalized spacial score (nSPS) is 14.7. The highest BCUT2D eigenvalue weighted by Gasteiger charge is 2.34. The summed E-state index contributed by atoms with van der Waals surface area (Å²) in [5, 5.41) is 3.76. The van der Waals surface area contributed by atoms with Crippen molar-refractivity contribution in [1.29, 1.82) is 0 Å². The molecular weight excluding hydrogens is 248 g/mol. The Morgan fingerprint density at radius 2 is 2.33 bits per heavy atom. The molecule has 0 saturated heterocycles. The Labute approximate surface area is 109 Å². The lowest BCUT2D eigenvalue weighted by Gasteiger charge is -2.03. The van der Waals surface area contributed by atoms with Crippen LogP contribution in [0.3, 0.4) is 0 Å². The zero-order chi connectivity index (χ0) is 12.5. The maximum atomic E-state index is 12.1. The second kappa shape index (κ2) is 4.57. The number of carbonyl (C=O) groups is 1. The van der Waals surface area contributed by atoms with E-state index in [9.17, 15) is 4.79 Å². The molecule has 0 aromatic carbocycles. The Hall–Kier alpha value is -1.62. The number of hydrogen-bond acceptors (Lipinski definition) is 5. The van der Waals surface area contributed by atoms with E-state index in [2.05, 4.69) is 10.1 Å². The Morgan fingerprint density at radius 1 is 1.50 bits per heavy atom. The minimum absolute atomic E-state index is 0.129. The Morgan fingerprint density at radius 3 is 3.06 bits per heavy atom. The van der Waals surface area contributed by atoms with Crippen molar-refractivity contribution in [3.8, 4) is 11.5 Å². The van der Waals surface area contributed by atoms with Crippen molar-refractivity contribution in [2.45, 2.75) is 17.7 Å². The van der Waals surface area contributed by atoms with Gasteiger partial charge in [0.05, 0.1) is 11.8 Å². The van der Waals surface area contributed by atoms with Crippen molar-refractivity contribution >= 4 is 17.5 Å². The molecule has 1 aliphatic rings. The van der Waals surface area contributed by atoms with Crippen molar-refractivity contribution in [3.05, 3.63) is 30.1 Å². The fourth-order valence-electron chi connectivity index (χ4n) is 1.88. The summed E-state index contributed by atoms with van der Waals surface area (Å²) in [5.41, 5.74) is 1.26. The molecule has 0 radical (unpaired) electrons. The van der Waals surface area contributed by atoms with Gasteiger partial charge >= 0.3 is 0 Å². The van der Waals surface area contributed by atoms with Crippen LogP contribution in [0.25, 0.3) is 11.5 Å². The number of hydrogen-bond donors (Lipinski definition) is 0. The van der Waals surface area contributed by atoms with Gasteiger partial charge < -0.3 is 4.52 Å². The van der Waals surface area contributed by atoms with Gasteiger partial charge in [-0.2, -0.15) is 0 Å². The van der Waals surface area contributed by atoms with Crippen LogP contribution in [0.15, 0.2) is 33.9 Å². The first kappa shape index (κ1) is 11.5. The maximum absolute atomic E-state index is 12.1. The number of rotatable bonds is 4. The van der Waals surface area contributed by atoms with Crippen LogP contribution in [0.4, 0.5) is 0 Å². The molecule has 0 aliphatic heterocycles. The van der Waals surface area contributed by atoms with Gasteiger partial charge in [-0.15, -0.1) is 11.8 Å². The molecule has 92 valence electrons. The maximum Gasteiger partial charge on any atom is 0.197 e. The van der Waals surface area contributed by atoms with Crippen molar-refractivity contribution in [3.63, 3.8) is 0 Å². The summed E-state index contributed by atoms with van der Waals surface area (Å²) in [6, 6.07) is 3.83. The van der Waals surface area contributed by atoms with Gasteiger partial charge in [-0.25, -0.2) is 0 Å². The van der Waals surface area contributed by atoms with Gasteiger partial charge in [-0.1, -0.05) is 5.16 Å². The molecule has 2 heterocycles. The van der Waals surface area contributed by atoms with E-state index >= 15 is 0 Å². The predicted octanol–water partition coefficient (Wildman–Crippen LogP) is 3.05. The Kier molecular flexibility index (Phi) is 2.91. The molecular formula is C13H12N2O2S. The molecule has 2 aromatic heterocycles. The third-order valence-electron chi connectivity index (χ3n) is 2.99. The predicted molar refractivity (Wildman–Crippen MR) is 68.6 cm³/mol. The lowest BCUT2D eigenvalue weighted by molar-refractivity contribution is 0.0968. The molecule has 0 spiro atoms. The zero-order valence-corrected chi connectivity index (χ0v) is 10.7. The average molecular weight is 260 g/mol. The highest BCUT2D eigenvalue weighted by atomic mass is 32.2. The van der Waals surface area contributed by atoms with Gasteiger partial charge in [-0.05, 0) is 31.2 Å². The quantitative estimate of drug-likeness (QED) is 0.624. The standard InChI is InChI=1S/C13H12N2O2S/c1-18-10-3-2-6-14-11(10)13-9(7-15-17-13)12(16)8-4-5-8/h2-3,6-8H,4-5H2,1H3. The first-order chi connectivity index (χ1) is 8.81. The highest BCUT2D eigenvalue weighted by Crippen LogP contribution is 2.37. The molecule has 2 aromatic rings. The fourth-order valence-corrected chi connectivity index (χ4v) is 2.43. The number of pyridine rings is 1. The highest BCUT2D eigenvalue weighted by molar-refractivity contribution is 7.98. The lowest BCUT2D eigenvalue weighted by atomic mass is 10.1. The second-order valence-corrected chi connectivity index (χ2v) is 5.11. The molecule has 1 fully saturated rings. The molecule has 0 bridgehead atoms. The molecule has 1 saturated carbocycles. The monoisotopic (exact) mass is 260 g/mol. The summed E-state index contributed by atoms with van der Waals surface area (Å²) in [6.07, 6.45) is 7.12. The van der Waals surface area contributed by atoms with Crippen LogP contribution in [0, 0.1) is 5.92 Å². The third-order valence-corrected chi connectivity index (χ3v) is 3.76. The molecule has 0 unspecified atom stereocenters. The number of aromatic nitrogens is 2. The Bertz CT molecular complexity index is 590. The zero-order valence-electron chi connectivity index (χ0n) is 9.92. The largest absolute Gasteiger partial charge is 0.354 e. The van der Waals surface area contributed by atoms with E-state index in [1.165, 1.54) is 6.20 Å². The molecule has 0 amide bonds. The summed E-state index contributed by atoms with van der Waals surface area (Å²) >= 11 is 1.58. The van der Waals surface area contributed by atoms with Crippen molar-refractivity contribution in [1.82, 2.24) is 10.1 Å². The minimum atomic E-state index is 0.129. The summed E-state index contributed by atoms with van der Waals surface area (Å²) in [5.74, 6) is 0.783. The van der Waals surface area contributed by atoms with Gasteiger partial charge in [0.15, 0.2) is 11.5 Å². The van der Waals surface area contributed by atoms with Crippen LogP contribution >= 0.6 is 11.8 Å². The number of carbonyl (C=O) groups excluding carboxylic acids is 1. The SMILES string of the molecule is CSc1cccnc1-c1oncc1C(=O)C1CC1. The van der Waals surface area contributed by atoms with Crippen LogP contribution in [-0.4, -0.2) is 22.2 Å². The molecule has 18 heavy (non-hydrogen) atoms. The molecule has 0 atom stereocenters. The molecule has 3 rings (SSSR count). The van der Waals surface area contributed by atoms with Crippen LogP contribution in [0.1, 0.15) is 23.2 Å². The van der Waals surface area contributed by atoms with Crippen LogP contribution in [-0.2, 0) is 0 Å². The van der Waals surface area contributed by atoms with Crippen LogP contribution in [0.5, 0.6) is 0 Å². The fraction of sp³-hybridized carbons (Fsp3) is 0.308. The summed E-state index contributed by atoms with van der Waals surface area (Å²) in [4.78, 5) is 17.4. The number of nitrogens with zero attached hydrogens (tertiary/aromatic N) is 2. The van der Waals surface area contributed by atoms with E-state index in [1.54, 1.807) is 18.0 Å². The van der Waals surface area contributed by atoms with E-state index in [1.807, 2.05) is 18.4 Å². The third kappa shape index (κ3) is 1.95. The van der Waals surface area contributed by atoms with E-state index in [0.717, 1.165) is 17.7 Å². The van der Waals surface area contributed by atoms with Gasteiger partial charge in [0.2, 0.25) is 0 Å². The van der Waals surface area contributed by atoms with Crippen molar-refractivity contribution < 1.29 is 9.32 Å². The van der Waals surface area contributed by atoms with Gasteiger partial charge in [0.1, 0.15) is 5.69 Å². The van der Waals surface area contributed by atoms with E-state index in [0.29, 0.717) is 17.0 Å². The van der Waals surface area contributed by atoms with Crippen LogP contribution < -0.4 is 0 Å². The summed E-state index contributed by atoms with van der Waals surface area (Å²) < 4.78 is 5.25. The first-order valence-electron chi connectivity index (χ1n) is 5.79. The average Bonchev–Trinajstić information content (AvgIpc) is 3.15. The van der Waals surface area contributed by atoms with Crippen molar-refractivity contribution in [2.24, 2.45) is 5.92 Å². The first-order valence-corrected chi connectivity index (χ1v) is 7.02. The summed E-state index contributed by atoms with van der Waals surface area (Å²) in [7, 11) is 0. The number of Topliss-reactive ketones (excluding diaryl/α,β-unsaturated/α-hetero) is 1. The van der Waals surface area contributed by atoms with E-state index in [4.69, 9.17) is 4.52 Å². The number of ketones is 1. The van der Waals surface area contributed by atoms with E-state index in [-0.39, 0.29) is 11.7 Å².